The molecule has 0 aromatic rings. The van der Waals surface area contributed by atoms with Crippen molar-refractivity contribution in [2.45, 2.75) is 45.8 Å². The van der Waals surface area contributed by atoms with E-state index in [1.165, 1.54) is 26.2 Å². The molecule has 1 atom stereocenters. The van der Waals surface area contributed by atoms with Crippen LogP contribution in [0.2, 0.25) is 0 Å². The maximum absolute atomic E-state index is 5.46. The third-order valence-electron chi connectivity index (χ3n) is 5.17. The molecule has 2 aliphatic rings. The van der Waals surface area contributed by atoms with Gasteiger partial charge in [0.05, 0.1) is 13.2 Å². The molecule has 1 unspecified atom stereocenters. The zero-order valence-electron chi connectivity index (χ0n) is 16.6. The highest BCUT2D eigenvalue weighted by atomic mass is 16.5. The quantitative estimate of drug-likeness (QED) is 0.774. The maximum Gasteiger partial charge on any atom is 0.0634 e. The summed E-state index contributed by atoms with van der Waals surface area (Å²) in [5, 5.41) is 0. The number of morpholine rings is 1. The van der Waals surface area contributed by atoms with Crippen LogP contribution in [0, 0.1) is 0 Å². The van der Waals surface area contributed by atoms with E-state index in [2.05, 4.69) is 68.4 Å². The fraction of sp³-hybridized carbons (Fsp3) is 1.00. The van der Waals surface area contributed by atoms with Gasteiger partial charge < -0.3 is 14.5 Å². The van der Waals surface area contributed by atoms with Crippen LogP contribution in [0.4, 0.5) is 0 Å². The Labute approximate surface area is 144 Å². The first-order valence-electron chi connectivity index (χ1n) is 9.22. The average Bonchev–Trinajstić information content (AvgIpc) is 2.50. The summed E-state index contributed by atoms with van der Waals surface area (Å²) in [5.74, 6) is 0. The van der Waals surface area contributed by atoms with E-state index in [0.717, 1.165) is 32.3 Å². The van der Waals surface area contributed by atoms with Crippen molar-refractivity contribution < 1.29 is 4.74 Å². The fourth-order valence-electron chi connectivity index (χ4n) is 2.81. The smallest absolute Gasteiger partial charge is 0.0634 e. The standard InChI is InChI=1S/C10H22N2O.C8H18N2/c1-9(2)12(4)7-10-8-13-6-5-11(10)3;1-8(2)10-6-4-9(3)5-7-10/h9-10H,5-8H2,1-4H3;8H,4-7H2,1-3H3. The molecule has 2 fully saturated rings. The first kappa shape index (κ1) is 20.8. The van der Waals surface area contributed by atoms with Crippen molar-refractivity contribution in [3.8, 4) is 0 Å². The van der Waals surface area contributed by atoms with E-state index < -0.39 is 0 Å². The Morgan fingerprint density at radius 1 is 1.00 bits per heavy atom. The zero-order chi connectivity index (χ0) is 17.4. The molecule has 0 aromatic carbocycles. The van der Waals surface area contributed by atoms with Crippen LogP contribution >= 0.6 is 0 Å². The normalized spacial score (nSPS) is 25.0. The van der Waals surface area contributed by atoms with Crippen LogP contribution in [0.5, 0.6) is 0 Å². The molecule has 0 amide bonds. The second-order valence-electron chi connectivity index (χ2n) is 7.68. The summed E-state index contributed by atoms with van der Waals surface area (Å²) >= 11 is 0. The van der Waals surface area contributed by atoms with Crippen molar-refractivity contribution in [2.75, 3.05) is 73.6 Å². The van der Waals surface area contributed by atoms with Gasteiger partial charge in [-0.3, -0.25) is 9.80 Å². The van der Waals surface area contributed by atoms with Crippen LogP contribution < -0.4 is 0 Å². The molecule has 0 radical (unpaired) electrons. The van der Waals surface area contributed by atoms with E-state index in [9.17, 15) is 0 Å². The maximum atomic E-state index is 5.46. The van der Waals surface area contributed by atoms with Gasteiger partial charge in [0.2, 0.25) is 0 Å². The van der Waals surface area contributed by atoms with Crippen molar-refractivity contribution in [1.29, 1.82) is 0 Å². The molecule has 2 heterocycles. The number of piperazine rings is 1. The second kappa shape index (κ2) is 10.6. The predicted octanol–water partition coefficient (Wildman–Crippen LogP) is 1.30. The summed E-state index contributed by atoms with van der Waals surface area (Å²) in [5.41, 5.74) is 0. The molecule has 23 heavy (non-hydrogen) atoms. The summed E-state index contributed by atoms with van der Waals surface area (Å²) in [4.78, 5) is 9.68. The van der Waals surface area contributed by atoms with Gasteiger partial charge in [0.1, 0.15) is 0 Å². The average molecular weight is 329 g/mol. The molecule has 0 saturated carbocycles. The molecule has 2 rings (SSSR count). The number of hydrogen-bond donors (Lipinski definition) is 0. The molecule has 0 bridgehead atoms. The van der Waals surface area contributed by atoms with E-state index in [4.69, 9.17) is 4.74 Å². The van der Waals surface area contributed by atoms with E-state index >= 15 is 0 Å². The Kier molecular flexibility index (Phi) is 9.63. The van der Waals surface area contributed by atoms with E-state index in [-0.39, 0.29) is 0 Å². The van der Waals surface area contributed by atoms with Crippen LogP contribution in [-0.2, 0) is 4.74 Å². The number of rotatable bonds is 4. The number of hydrogen-bond acceptors (Lipinski definition) is 5. The van der Waals surface area contributed by atoms with Crippen LogP contribution in [0.3, 0.4) is 0 Å². The van der Waals surface area contributed by atoms with Gasteiger partial charge in [-0.15, -0.1) is 0 Å². The van der Waals surface area contributed by atoms with Crippen molar-refractivity contribution in [1.82, 2.24) is 19.6 Å². The molecule has 2 aliphatic heterocycles. The van der Waals surface area contributed by atoms with Crippen LogP contribution in [-0.4, -0.2) is 111 Å². The topological polar surface area (TPSA) is 22.2 Å². The third-order valence-corrected chi connectivity index (χ3v) is 5.17. The predicted molar refractivity (Wildman–Crippen MR) is 99.2 cm³/mol. The Bertz CT molecular complexity index is 303. The summed E-state index contributed by atoms with van der Waals surface area (Å²) in [7, 11) is 6.55. The van der Waals surface area contributed by atoms with Gasteiger partial charge in [-0.1, -0.05) is 0 Å². The molecule has 2 saturated heterocycles. The minimum Gasteiger partial charge on any atom is -0.378 e. The van der Waals surface area contributed by atoms with Crippen molar-refractivity contribution in [3.63, 3.8) is 0 Å². The molecule has 0 N–H and O–H groups in total. The second-order valence-corrected chi connectivity index (χ2v) is 7.68. The van der Waals surface area contributed by atoms with Crippen LogP contribution in [0.1, 0.15) is 27.7 Å². The van der Waals surface area contributed by atoms with Gasteiger partial charge in [0.25, 0.3) is 0 Å². The van der Waals surface area contributed by atoms with Gasteiger partial charge >= 0.3 is 0 Å². The van der Waals surface area contributed by atoms with Crippen molar-refractivity contribution in [2.24, 2.45) is 0 Å². The largest absolute Gasteiger partial charge is 0.378 e. The monoisotopic (exact) mass is 328 g/mol. The number of likely N-dealkylation sites (N-methyl/N-ethyl adjacent to an activating group) is 3. The lowest BCUT2D eigenvalue weighted by atomic mass is 10.2. The molecular formula is C18H40N4O. The first-order valence-corrected chi connectivity index (χ1v) is 9.22. The van der Waals surface area contributed by atoms with Gasteiger partial charge in [0.15, 0.2) is 0 Å². The molecule has 0 spiro atoms. The Balaban J connectivity index is 0.000000238. The highest BCUT2D eigenvalue weighted by Gasteiger charge is 2.21. The van der Waals surface area contributed by atoms with E-state index in [0.29, 0.717) is 12.1 Å². The summed E-state index contributed by atoms with van der Waals surface area (Å²) < 4.78 is 5.46. The molecule has 5 nitrogen and oxygen atoms in total. The Morgan fingerprint density at radius 3 is 2.09 bits per heavy atom. The highest BCUT2D eigenvalue weighted by Crippen LogP contribution is 2.07. The minimum atomic E-state index is 0.571. The molecular weight excluding hydrogens is 288 g/mol. The van der Waals surface area contributed by atoms with Gasteiger partial charge in [0, 0.05) is 57.4 Å². The molecule has 5 heteroatoms. The summed E-state index contributed by atoms with van der Waals surface area (Å²) in [6.45, 7) is 17.9. The lowest BCUT2D eigenvalue weighted by Gasteiger charge is -2.36. The Hall–Kier alpha value is -0.200. The highest BCUT2D eigenvalue weighted by molar-refractivity contribution is 4.76. The molecule has 138 valence electrons. The lowest BCUT2D eigenvalue weighted by molar-refractivity contribution is -0.00744. The van der Waals surface area contributed by atoms with Gasteiger partial charge in [-0.05, 0) is 48.8 Å². The number of nitrogens with zero attached hydrogens (tertiary/aromatic N) is 4. The van der Waals surface area contributed by atoms with Crippen molar-refractivity contribution >= 4 is 0 Å². The number of ether oxygens (including phenoxy) is 1. The third kappa shape index (κ3) is 7.94. The Morgan fingerprint density at radius 2 is 1.61 bits per heavy atom. The van der Waals surface area contributed by atoms with Gasteiger partial charge in [-0.2, -0.15) is 0 Å². The minimum absolute atomic E-state index is 0.571. The molecule has 0 aromatic heterocycles. The zero-order valence-corrected chi connectivity index (χ0v) is 16.6. The van der Waals surface area contributed by atoms with Crippen molar-refractivity contribution in [3.05, 3.63) is 0 Å². The lowest BCUT2D eigenvalue weighted by Crippen LogP contribution is -2.49. The van der Waals surface area contributed by atoms with E-state index in [1.807, 2.05) is 0 Å². The first-order chi connectivity index (χ1) is 10.8. The van der Waals surface area contributed by atoms with Crippen LogP contribution in [0.25, 0.3) is 0 Å². The van der Waals surface area contributed by atoms with Gasteiger partial charge in [-0.25, -0.2) is 0 Å². The SMILES string of the molecule is CC(C)N(C)CC1COCCN1C.CC(C)N1CCN(C)CC1. The summed E-state index contributed by atoms with van der Waals surface area (Å²) in [6.07, 6.45) is 0. The molecule has 0 aliphatic carbocycles. The fourth-order valence-corrected chi connectivity index (χ4v) is 2.81. The van der Waals surface area contributed by atoms with E-state index in [1.54, 1.807) is 0 Å². The van der Waals surface area contributed by atoms with Crippen LogP contribution in [0.15, 0.2) is 0 Å². The summed E-state index contributed by atoms with van der Waals surface area (Å²) in [6, 6.07) is 1.92.